The number of H-pyrrole nitrogens is 1. The first kappa shape index (κ1) is 21.6. The standard InChI is InChI=1S/C10H12N2O.C8H11NO2.Ca.2H/c11-4-3-7-6-12-10-2-1-8(13)5-9(7)10;9-4-3-6-1-2-7(10)8(11)5-6;;;/h1-2,5-6,12-13H,3-4,11H2;1-2,5,10-11H,3-4,9H2;;;. The Balaban J connectivity index is 0.000000244. The number of aromatic nitrogens is 1. The van der Waals surface area contributed by atoms with Gasteiger partial charge in [-0.15, -0.1) is 0 Å². The summed E-state index contributed by atoms with van der Waals surface area (Å²) >= 11 is 0. The van der Waals surface area contributed by atoms with Crippen LogP contribution in [-0.4, -0.2) is 71.1 Å². The first-order valence-electron chi connectivity index (χ1n) is 7.75. The first-order valence-corrected chi connectivity index (χ1v) is 7.75. The zero-order valence-electron chi connectivity index (χ0n) is 13.4. The van der Waals surface area contributed by atoms with Crippen LogP contribution in [0.5, 0.6) is 17.2 Å². The van der Waals surface area contributed by atoms with Gasteiger partial charge in [-0.3, -0.25) is 0 Å². The van der Waals surface area contributed by atoms with Crippen LogP contribution in [0.2, 0.25) is 0 Å². The number of benzene rings is 2. The van der Waals surface area contributed by atoms with Gasteiger partial charge in [0.15, 0.2) is 11.5 Å². The predicted molar refractivity (Wildman–Crippen MR) is 104 cm³/mol. The summed E-state index contributed by atoms with van der Waals surface area (Å²) in [6.07, 6.45) is 3.49. The van der Waals surface area contributed by atoms with E-state index in [9.17, 15) is 5.11 Å². The molecule has 0 fully saturated rings. The SMILES string of the molecule is NCCc1c[nH]c2ccc(O)cc12.NCCc1ccc(O)c(O)c1.[CaH2]. The fourth-order valence-corrected chi connectivity index (χ4v) is 2.42. The van der Waals surface area contributed by atoms with Crippen molar-refractivity contribution < 1.29 is 15.3 Å². The molecule has 0 saturated heterocycles. The average Bonchev–Trinajstić information content (AvgIpc) is 2.95. The summed E-state index contributed by atoms with van der Waals surface area (Å²) in [5.74, 6) is 0.118. The van der Waals surface area contributed by atoms with Crippen molar-refractivity contribution in [1.29, 1.82) is 0 Å². The molecule has 1 heterocycles. The number of phenols is 3. The van der Waals surface area contributed by atoms with Gasteiger partial charge in [0.25, 0.3) is 0 Å². The molecule has 0 unspecified atom stereocenters. The van der Waals surface area contributed by atoms with Crippen molar-refractivity contribution in [3.63, 3.8) is 0 Å². The van der Waals surface area contributed by atoms with Crippen LogP contribution in [-0.2, 0) is 12.8 Å². The number of phenolic OH excluding ortho intramolecular Hbond substituents is 3. The summed E-state index contributed by atoms with van der Waals surface area (Å²) in [5.41, 5.74) is 13.9. The Morgan fingerprint density at radius 2 is 1.56 bits per heavy atom. The van der Waals surface area contributed by atoms with Gasteiger partial charge in [-0.2, -0.15) is 0 Å². The van der Waals surface area contributed by atoms with E-state index >= 15 is 0 Å². The Hall–Kier alpha value is -1.44. The number of rotatable bonds is 4. The molecule has 3 rings (SSSR count). The van der Waals surface area contributed by atoms with Crippen molar-refractivity contribution in [2.75, 3.05) is 13.1 Å². The Labute approximate surface area is 176 Å². The van der Waals surface area contributed by atoms with Gasteiger partial charge in [0.2, 0.25) is 0 Å². The van der Waals surface area contributed by atoms with Gasteiger partial charge in [-0.25, -0.2) is 0 Å². The average molecular weight is 371 g/mol. The second kappa shape index (κ2) is 10.5. The van der Waals surface area contributed by atoms with Gasteiger partial charge >= 0.3 is 37.7 Å². The Morgan fingerprint density at radius 3 is 2.20 bits per heavy atom. The summed E-state index contributed by atoms with van der Waals surface area (Å²) in [5, 5.41) is 28.3. The third-order valence-corrected chi connectivity index (χ3v) is 3.64. The minimum atomic E-state index is -0.0919. The molecule has 0 atom stereocenters. The van der Waals surface area contributed by atoms with E-state index in [2.05, 4.69) is 4.98 Å². The van der Waals surface area contributed by atoms with Crippen LogP contribution in [0.4, 0.5) is 0 Å². The molecule has 0 bridgehead atoms. The first-order chi connectivity index (χ1) is 11.5. The van der Waals surface area contributed by atoms with E-state index in [1.54, 1.807) is 18.2 Å². The molecule has 0 aliphatic rings. The molecule has 0 aliphatic heterocycles. The van der Waals surface area contributed by atoms with E-state index in [1.165, 1.54) is 12.1 Å². The van der Waals surface area contributed by atoms with Gasteiger partial charge in [0.05, 0.1) is 0 Å². The zero-order valence-corrected chi connectivity index (χ0v) is 13.4. The quantitative estimate of drug-likeness (QED) is 0.302. The summed E-state index contributed by atoms with van der Waals surface area (Å²) in [6, 6.07) is 10.0. The minimum absolute atomic E-state index is 0. The van der Waals surface area contributed by atoms with Crippen LogP contribution in [0, 0.1) is 0 Å². The van der Waals surface area contributed by atoms with E-state index in [-0.39, 0.29) is 49.2 Å². The maximum absolute atomic E-state index is 9.30. The van der Waals surface area contributed by atoms with Gasteiger partial charge in [-0.05, 0) is 67.4 Å². The van der Waals surface area contributed by atoms with Gasteiger partial charge in [-0.1, -0.05) is 6.07 Å². The Bertz CT molecular complexity index is 805. The van der Waals surface area contributed by atoms with Crippen LogP contribution >= 0.6 is 0 Å². The van der Waals surface area contributed by atoms with Crippen LogP contribution in [0.15, 0.2) is 42.6 Å². The molecular formula is C18H25CaN3O3. The van der Waals surface area contributed by atoms with E-state index in [1.807, 2.05) is 12.3 Å². The third kappa shape index (κ3) is 6.09. The molecular weight excluding hydrogens is 346 g/mol. The normalized spacial score (nSPS) is 10.0. The molecule has 0 radical (unpaired) electrons. The molecule has 25 heavy (non-hydrogen) atoms. The number of fused-ring (bicyclic) bond motifs is 1. The fraction of sp³-hybridized carbons (Fsp3) is 0.222. The molecule has 1 aromatic heterocycles. The second-order valence-corrected chi connectivity index (χ2v) is 5.44. The number of nitrogens with one attached hydrogen (secondary N) is 1. The molecule has 0 aliphatic carbocycles. The predicted octanol–water partition coefficient (Wildman–Crippen LogP) is 1.06. The van der Waals surface area contributed by atoms with Crippen molar-refractivity contribution >= 4 is 48.6 Å². The van der Waals surface area contributed by atoms with Crippen LogP contribution in [0.1, 0.15) is 11.1 Å². The Morgan fingerprint density at radius 1 is 0.840 bits per heavy atom. The fourth-order valence-electron chi connectivity index (χ4n) is 2.42. The summed E-state index contributed by atoms with van der Waals surface area (Å²) in [7, 11) is 0. The van der Waals surface area contributed by atoms with Crippen LogP contribution < -0.4 is 11.5 Å². The van der Waals surface area contributed by atoms with Crippen LogP contribution in [0.25, 0.3) is 10.9 Å². The molecule has 8 N–H and O–H groups in total. The molecule has 6 nitrogen and oxygen atoms in total. The van der Waals surface area contributed by atoms with Crippen molar-refractivity contribution in [1.82, 2.24) is 4.98 Å². The molecule has 132 valence electrons. The van der Waals surface area contributed by atoms with Gasteiger partial charge < -0.3 is 31.8 Å². The third-order valence-electron chi connectivity index (χ3n) is 3.64. The summed E-state index contributed by atoms with van der Waals surface area (Å²) in [4.78, 5) is 3.13. The number of aromatic hydroxyl groups is 3. The van der Waals surface area contributed by atoms with Crippen LogP contribution in [0.3, 0.4) is 0 Å². The van der Waals surface area contributed by atoms with Crippen molar-refractivity contribution in [3.8, 4) is 17.2 Å². The number of hydrogen-bond donors (Lipinski definition) is 6. The van der Waals surface area contributed by atoms with Crippen molar-refractivity contribution in [2.45, 2.75) is 12.8 Å². The molecule has 0 saturated carbocycles. The number of hydrogen-bond acceptors (Lipinski definition) is 5. The maximum atomic E-state index is 9.30. The van der Waals surface area contributed by atoms with E-state index < -0.39 is 0 Å². The summed E-state index contributed by atoms with van der Waals surface area (Å²) in [6.45, 7) is 1.17. The molecule has 2 aromatic carbocycles. The van der Waals surface area contributed by atoms with E-state index in [0.29, 0.717) is 25.3 Å². The second-order valence-electron chi connectivity index (χ2n) is 5.44. The topological polar surface area (TPSA) is 129 Å². The summed E-state index contributed by atoms with van der Waals surface area (Å²) < 4.78 is 0. The van der Waals surface area contributed by atoms with E-state index in [4.69, 9.17) is 21.7 Å². The molecule has 7 heteroatoms. The van der Waals surface area contributed by atoms with E-state index in [0.717, 1.165) is 28.5 Å². The van der Waals surface area contributed by atoms with Crippen molar-refractivity contribution in [3.05, 3.63) is 53.7 Å². The molecule has 3 aromatic rings. The molecule has 0 spiro atoms. The zero-order chi connectivity index (χ0) is 17.5. The number of aromatic amines is 1. The van der Waals surface area contributed by atoms with Gasteiger partial charge in [0.1, 0.15) is 5.75 Å². The van der Waals surface area contributed by atoms with Crippen molar-refractivity contribution in [2.24, 2.45) is 11.5 Å². The number of nitrogens with two attached hydrogens (primary N) is 2. The van der Waals surface area contributed by atoms with Gasteiger partial charge in [0, 0.05) is 17.1 Å². The monoisotopic (exact) mass is 371 g/mol. The Kier molecular flexibility index (Phi) is 9.10. The molecule has 0 amide bonds.